The molecule has 0 amide bonds. The molecule has 0 spiro atoms. The smallest absolute Gasteiger partial charge is 0.213 e. The third-order valence-electron chi connectivity index (χ3n) is 7.21. The number of likely N-dealkylation sites (tertiary alicyclic amines) is 1. The normalized spacial score (nSPS) is 18.5. The van der Waals surface area contributed by atoms with Crippen LogP contribution in [0.1, 0.15) is 31.5 Å². The maximum atomic E-state index is 14.7. The first-order valence-electron chi connectivity index (χ1n) is 12.2. The molecule has 0 aliphatic carbocycles. The van der Waals surface area contributed by atoms with Crippen molar-refractivity contribution in [1.82, 2.24) is 25.2 Å². The zero-order chi connectivity index (χ0) is 24.4. The van der Waals surface area contributed by atoms with E-state index in [1.165, 1.54) is 11.1 Å². The Morgan fingerprint density at radius 2 is 2.14 bits per heavy atom. The molecule has 0 unspecified atom stereocenters. The summed E-state index contributed by atoms with van der Waals surface area (Å²) in [4.78, 5) is 17.1. The van der Waals surface area contributed by atoms with Gasteiger partial charge in [-0.25, -0.2) is 14.4 Å². The van der Waals surface area contributed by atoms with Gasteiger partial charge in [-0.05, 0) is 57.4 Å². The van der Waals surface area contributed by atoms with E-state index in [4.69, 9.17) is 9.72 Å². The molecule has 0 aromatic carbocycles. The summed E-state index contributed by atoms with van der Waals surface area (Å²) in [5.41, 5.74) is 2.92. The topological polar surface area (TPSA) is 75.2 Å². The summed E-state index contributed by atoms with van der Waals surface area (Å²) in [6.45, 7) is 9.04. The number of aromatic nitrogens is 3. The minimum atomic E-state index is -0.304. The Balaban J connectivity index is 1.19. The van der Waals surface area contributed by atoms with Crippen molar-refractivity contribution in [2.45, 2.75) is 43.7 Å². The molecule has 5 rings (SSSR count). The Bertz CT molecular complexity index is 1210. The molecule has 186 valence electrons. The third-order valence-corrected chi connectivity index (χ3v) is 8.26. The minimum Gasteiger partial charge on any atom is -0.481 e. The zero-order valence-corrected chi connectivity index (χ0v) is 21.4. The standard InChI is InChI=1S/C26H33FN6OS/c1-26(2,30-14-18-4-6-22-25(31-18)28-10-13-35-22)17-8-11-33(16-17)12-9-19-20(27)15-29-21-5-7-23(34-3)32-24(19)21/h4-7,15,17,30H,8-14,16H2,1-3H3,(H,28,31)/t17-/m1/s1. The first-order valence-corrected chi connectivity index (χ1v) is 13.2. The number of nitrogens with zero attached hydrogens (tertiary/aromatic N) is 4. The van der Waals surface area contributed by atoms with Crippen LogP contribution < -0.4 is 15.4 Å². The zero-order valence-electron chi connectivity index (χ0n) is 20.6. The van der Waals surface area contributed by atoms with Crippen LogP contribution in [0.5, 0.6) is 5.88 Å². The molecule has 0 bridgehead atoms. The van der Waals surface area contributed by atoms with Gasteiger partial charge in [0.25, 0.3) is 0 Å². The van der Waals surface area contributed by atoms with E-state index in [0.29, 0.717) is 34.8 Å². The molecule has 2 aliphatic rings. The van der Waals surface area contributed by atoms with E-state index in [9.17, 15) is 4.39 Å². The van der Waals surface area contributed by atoms with E-state index in [0.717, 1.165) is 56.4 Å². The lowest BCUT2D eigenvalue weighted by Crippen LogP contribution is -2.46. The summed E-state index contributed by atoms with van der Waals surface area (Å²) in [6, 6.07) is 7.88. The van der Waals surface area contributed by atoms with Crippen molar-refractivity contribution < 1.29 is 9.13 Å². The lowest BCUT2D eigenvalue weighted by atomic mass is 9.86. The predicted octanol–water partition coefficient (Wildman–Crippen LogP) is 4.12. The van der Waals surface area contributed by atoms with E-state index < -0.39 is 0 Å². The van der Waals surface area contributed by atoms with Crippen molar-refractivity contribution in [2.75, 3.05) is 44.4 Å². The highest BCUT2D eigenvalue weighted by Crippen LogP contribution is 2.31. The maximum Gasteiger partial charge on any atom is 0.213 e. The van der Waals surface area contributed by atoms with Gasteiger partial charge in [0.05, 0.1) is 30.0 Å². The number of halogens is 1. The van der Waals surface area contributed by atoms with Gasteiger partial charge in [0.15, 0.2) is 0 Å². The third kappa shape index (κ3) is 5.37. The molecule has 2 aliphatic heterocycles. The van der Waals surface area contributed by atoms with Gasteiger partial charge in [-0.15, -0.1) is 11.8 Å². The van der Waals surface area contributed by atoms with Crippen molar-refractivity contribution in [1.29, 1.82) is 0 Å². The summed E-state index contributed by atoms with van der Waals surface area (Å²) in [6.07, 6.45) is 3.01. The lowest BCUT2D eigenvalue weighted by molar-refractivity contribution is 0.237. The maximum absolute atomic E-state index is 14.7. The van der Waals surface area contributed by atoms with Gasteiger partial charge in [0, 0.05) is 54.0 Å². The monoisotopic (exact) mass is 496 g/mol. The van der Waals surface area contributed by atoms with Crippen LogP contribution in [0.15, 0.2) is 35.4 Å². The quantitative estimate of drug-likeness (QED) is 0.482. The molecule has 1 atom stereocenters. The minimum absolute atomic E-state index is 0.0297. The van der Waals surface area contributed by atoms with E-state index in [1.807, 2.05) is 17.8 Å². The summed E-state index contributed by atoms with van der Waals surface area (Å²) >= 11 is 1.86. The Labute approximate surface area is 210 Å². The molecule has 9 heteroatoms. The van der Waals surface area contributed by atoms with Crippen LogP contribution in [-0.2, 0) is 13.0 Å². The van der Waals surface area contributed by atoms with E-state index in [1.54, 1.807) is 13.2 Å². The van der Waals surface area contributed by atoms with Crippen molar-refractivity contribution >= 4 is 28.6 Å². The molecule has 0 saturated carbocycles. The number of thioether (sulfide) groups is 1. The van der Waals surface area contributed by atoms with Crippen LogP contribution >= 0.6 is 11.8 Å². The van der Waals surface area contributed by atoms with Gasteiger partial charge >= 0.3 is 0 Å². The Kier molecular flexibility index (Phi) is 7.09. The van der Waals surface area contributed by atoms with Crippen molar-refractivity contribution in [2.24, 2.45) is 5.92 Å². The van der Waals surface area contributed by atoms with Crippen molar-refractivity contribution in [3.8, 4) is 5.88 Å². The summed E-state index contributed by atoms with van der Waals surface area (Å²) in [7, 11) is 1.57. The molecule has 35 heavy (non-hydrogen) atoms. The highest BCUT2D eigenvalue weighted by atomic mass is 32.2. The number of rotatable bonds is 8. The second-order valence-corrected chi connectivity index (χ2v) is 11.0. The van der Waals surface area contributed by atoms with Crippen LogP contribution in [0, 0.1) is 11.7 Å². The lowest BCUT2D eigenvalue weighted by Gasteiger charge is -2.33. The van der Waals surface area contributed by atoms with Gasteiger partial charge in [0.2, 0.25) is 5.88 Å². The fraction of sp³-hybridized carbons (Fsp3) is 0.500. The van der Waals surface area contributed by atoms with Crippen molar-refractivity contribution in [3.63, 3.8) is 0 Å². The number of nitrogens with one attached hydrogen (secondary N) is 2. The molecular weight excluding hydrogens is 463 g/mol. The summed E-state index contributed by atoms with van der Waals surface area (Å²) < 4.78 is 19.9. The number of methoxy groups -OCH3 is 1. The second kappa shape index (κ2) is 10.2. The molecule has 1 fully saturated rings. The molecule has 3 aromatic heterocycles. The van der Waals surface area contributed by atoms with Gasteiger partial charge in [-0.1, -0.05) is 0 Å². The van der Waals surface area contributed by atoms with Crippen LogP contribution in [0.25, 0.3) is 11.0 Å². The van der Waals surface area contributed by atoms with Gasteiger partial charge in [0.1, 0.15) is 11.6 Å². The molecule has 2 N–H and O–H groups in total. The Morgan fingerprint density at radius 1 is 1.26 bits per heavy atom. The van der Waals surface area contributed by atoms with E-state index >= 15 is 0 Å². The molecule has 1 saturated heterocycles. The largest absolute Gasteiger partial charge is 0.481 e. The van der Waals surface area contributed by atoms with Gasteiger partial charge in [-0.3, -0.25) is 4.98 Å². The fourth-order valence-electron chi connectivity index (χ4n) is 4.95. The number of hydrogen-bond acceptors (Lipinski definition) is 8. The molecule has 7 nitrogen and oxygen atoms in total. The van der Waals surface area contributed by atoms with E-state index in [-0.39, 0.29) is 11.4 Å². The Morgan fingerprint density at radius 3 is 3.00 bits per heavy atom. The van der Waals surface area contributed by atoms with Crippen LogP contribution in [0.2, 0.25) is 0 Å². The average Bonchev–Trinajstić information content (AvgIpc) is 3.36. The van der Waals surface area contributed by atoms with Crippen LogP contribution in [0.4, 0.5) is 10.2 Å². The molecular formula is C26H33FN6OS. The SMILES string of the molecule is COc1ccc2ncc(F)c(CCN3CC[C@@H](C(C)(C)NCc4ccc5c(n4)NCCS5)C3)c2n1. The van der Waals surface area contributed by atoms with Crippen molar-refractivity contribution in [3.05, 3.63) is 47.5 Å². The number of pyridine rings is 3. The highest BCUT2D eigenvalue weighted by Gasteiger charge is 2.35. The highest BCUT2D eigenvalue weighted by molar-refractivity contribution is 7.99. The number of anilines is 1. The summed E-state index contributed by atoms with van der Waals surface area (Å²) in [5, 5.41) is 7.15. The fourth-order valence-corrected chi connectivity index (χ4v) is 5.79. The second-order valence-electron chi connectivity index (χ2n) is 9.84. The average molecular weight is 497 g/mol. The molecule has 0 radical (unpaired) electrons. The number of fused-ring (bicyclic) bond motifs is 2. The Hall–Kier alpha value is -2.49. The number of ether oxygens (including phenoxy) is 1. The predicted molar refractivity (Wildman–Crippen MR) is 139 cm³/mol. The van der Waals surface area contributed by atoms with Gasteiger partial charge in [-0.2, -0.15) is 0 Å². The first-order chi connectivity index (χ1) is 16.9. The van der Waals surface area contributed by atoms with Crippen LogP contribution in [0.3, 0.4) is 0 Å². The summed E-state index contributed by atoms with van der Waals surface area (Å²) in [5.74, 6) is 2.77. The first kappa shape index (κ1) is 24.2. The molecule has 5 heterocycles. The van der Waals surface area contributed by atoms with Gasteiger partial charge < -0.3 is 20.3 Å². The van der Waals surface area contributed by atoms with E-state index in [2.05, 4.69) is 51.5 Å². The van der Waals surface area contributed by atoms with Crippen LogP contribution in [-0.4, -0.2) is 64.4 Å². The molecule has 3 aromatic rings. The number of hydrogen-bond donors (Lipinski definition) is 2.